The van der Waals surface area contributed by atoms with Gasteiger partial charge in [0.25, 0.3) is 5.91 Å². The zero-order chi connectivity index (χ0) is 23.0. The van der Waals surface area contributed by atoms with E-state index >= 15 is 0 Å². The molecule has 0 radical (unpaired) electrons. The summed E-state index contributed by atoms with van der Waals surface area (Å²) in [7, 11) is -0.597. The fourth-order valence-corrected chi connectivity index (χ4v) is 5.90. The number of fused-ring (bicyclic) bond motifs is 1. The van der Waals surface area contributed by atoms with E-state index in [1.165, 1.54) is 37.6 Å². The molecule has 4 rings (SSSR count). The molecule has 1 aromatic heterocycles. The van der Waals surface area contributed by atoms with Crippen LogP contribution in [0.15, 0.2) is 41.3 Å². The molecule has 1 aliphatic heterocycles. The third-order valence-corrected chi connectivity index (χ3v) is 8.44. The van der Waals surface area contributed by atoms with Crippen molar-refractivity contribution in [3.05, 3.63) is 53.1 Å². The molecule has 0 aliphatic carbocycles. The molecule has 1 atom stereocenters. The summed E-state index contributed by atoms with van der Waals surface area (Å²) in [5.74, 6) is -0.220. The van der Waals surface area contributed by atoms with E-state index in [1.54, 1.807) is 17.0 Å². The van der Waals surface area contributed by atoms with Crippen molar-refractivity contribution in [2.75, 3.05) is 32.1 Å². The van der Waals surface area contributed by atoms with Gasteiger partial charge >= 0.3 is 0 Å². The fourth-order valence-electron chi connectivity index (χ4n) is 3.85. The summed E-state index contributed by atoms with van der Waals surface area (Å²) in [6, 6.07) is 10.2. The number of anilines is 1. The van der Waals surface area contributed by atoms with Gasteiger partial charge in [-0.15, -0.1) is 0 Å². The Labute approximate surface area is 192 Å². The van der Waals surface area contributed by atoms with Crippen LogP contribution in [0.4, 0.5) is 5.13 Å². The fraction of sp³-hybridized carbons (Fsp3) is 0.391. The predicted octanol–water partition coefficient (Wildman–Crippen LogP) is 3.99. The van der Waals surface area contributed by atoms with Crippen molar-refractivity contribution in [2.45, 2.75) is 37.7 Å². The lowest BCUT2D eigenvalue weighted by atomic mass is 10.1. The van der Waals surface area contributed by atoms with Gasteiger partial charge < -0.3 is 4.74 Å². The Morgan fingerprint density at radius 3 is 2.53 bits per heavy atom. The molecule has 3 aromatic rings. The van der Waals surface area contributed by atoms with Crippen LogP contribution in [0.1, 0.15) is 34.3 Å². The standard InChI is InChI=1S/C23H27N3O4S2/c1-15-12-16(2)21-20(13-15)31-23(24-21)26(14-18-6-5-11-30-18)22(27)17-7-9-19(10-8-17)32(28,29)25(3)4/h7-10,12-13,18H,5-6,11,14H2,1-4H3. The third kappa shape index (κ3) is 4.43. The van der Waals surface area contributed by atoms with Gasteiger partial charge in [0.2, 0.25) is 10.0 Å². The van der Waals surface area contributed by atoms with E-state index in [1.807, 2.05) is 13.8 Å². The van der Waals surface area contributed by atoms with Gasteiger partial charge in [0.15, 0.2) is 5.13 Å². The van der Waals surface area contributed by atoms with E-state index < -0.39 is 10.0 Å². The molecular formula is C23H27N3O4S2. The molecule has 0 bridgehead atoms. The first-order valence-electron chi connectivity index (χ1n) is 10.5. The first kappa shape index (κ1) is 22.8. The number of amides is 1. The van der Waals surface area contributed by atoms with Crippen molar-refractivity contribution in [3.63, 3.8) is 0 Å². The minimum Gasteiger partial charge on any atom is -0.376 e. The normalized spacial score (nSPS) is 16.7. The zero-order valence-electron chi connectivity index (χ0n) is 18.7. The number of nitrogens with zero attached hydrogens (tertiary/aromatic N) is 3. The number of hydrogen-bond donors (Lipinski definition) is 0. The van der Waals surface area contributed by atoms with E-state index in [9.17, 15) is 13.2 Å². The van der Waals surface area contributed by atoms with Gasteiger partial charge in [-0.05, 0) is 68.1 Å². The predicted molar refractivity (Wildman–Crippen MR) is 127 cm³/mol. The Kier molecular flexibility index (Phi) is 6.35. The van der Waals surface area contributed by atoms with Crippen LogP contribution in [0.5, 0.6) is 0 Å². The van der Waals surface area contributed by atoms with Gasteiger partial charge in [0.1, 0.15) is 0 Å². The summed E-state index contributed by atoms with van der Waals surface area (Å²) in [6.45, 7) is 5.18. The van der Waals surface area contributed by atoms with E-state index in [2.05, 4.69) is 12.1 Å². The molecule has 2 heterocycles. The summed E-state index contributed by atoms with van der Waals surface area (Å²) < 4.78 is 32.7. The van der Waals surface area contributed by atoms with Gasteiger partial charge in [0, 0.05) is 26.3 Å². The molecule has 32 heavy (non-hydrogen) atoms. The molecule has 7 nitrogen and oxygen atoms in total. The Hall–Kier alpha value is -2.33. The van der Waals surface area contributed by atoms with E-state index in [4.69, 9.17) is 9.72 Å². The van der Waals surface area contributed by atoms with Crippen LogP contribution in [0.2, 0.25) is 0 Å². The lowest BCUT2D eigenvalue weighted by Crippen LogP contribution is -2.37. The molecule has 1 unspecified atom stereocenters. The minimum absolute atomic E-state index is 0.0396. The highest BCUT2D eigenvalue weighted by molar-refractivity contribution is 7.89. The molecule has 170 valence electrons. The highest BCUT2D eigenvalue weighted by Gasteiger charge is 2.28. The van der Waals surface area contributed by atoms with E-state index in [0.29, 0.717) is 23.8 Å². The van der Waals surface area contributed by atoms with Gasteiger partial charge in [0.05, 0.1) is 27.8 Å². The number of aromatic nitrogens is 1. The van der Waals surface area contributed by atoms with Crippen LogP contribution in [0.25, 0.3) is 10.2 Å². The summed E-state index contributed by atoms with van der Waals surface area (Å²) in [5, 5.41) is 0.624. The Morgan fingerprint density at radius 1 is 1.19 bits per heavy atom. The van der Waals surface area contributed by atoms with Crippen molar-refractivity contribution >= 4 is 42.6 Å². The molecule has 0 N–H and O–H groups in total. The van der Waals surface area contributed by atoms with Gasteiger partial charge in [-0.2, -0.15) is 0 Å². The number of hydrogen-bond acceptors (Lipinski definition) is 6. The quantitative estimate of drug-likeness (QED) is 0.541. The van der Waals surface area contributed by atoms with Crippen LogP contribution in [-0.4, -0.2) is 57.0 Å². The monoisotopic (exact) mass is 473 g/mol. The number of aryl methyl sites for hydroxylation is 2. The zero-order valence-corrected chi connectivity index (χ0v) is 20.3. The molecule has 0 saturated carbocycles. The average molecular weight is 474 g/mol. The molecule has 2 aromatic carbocycles. The molecular weight excluding hydrogens is 446 g/mol. The second kappa shape index (κ2) is 8.90. The lowest BCUT2D eigenvalue weighted by Gasteiger charge is -2.23. The maximum absolute atomic E-state index is 13.5. The molecule has 1 fully saturated rings. The molecule has 0 spiro atoms. The number of sulfonamides is 1. The Balaban J connectivity index is 1.70. The minimum atomic E-state index is -3.56. The van der Waals surface area contributed by atoms with Crippen LogP contribution in [0, 0.1) is 13.8 Å². The second-order valence-corrected chi connectivity index (χ2v) is 11.4. The number of carbonyl (C=O) groups excluding carboxylic acids is 1. The number of carbonyl (C=O) groups is 1. The topological polar surface area (TPSA) is 79.8 Å². The van der Waals surface area contributed by atoms with Crippen molar-refractivity contribution in [1.29, 1.82) is 0 Å². The second-order valence-electron chi connectivity index (χ2n) is 8.29. The van der Waals surface area contributed by atoms with Crippen LogP contribution >= 0.6 is 11.3 Å². The Bertz CT molecular complexity index is 1240. The largest absolute Gasteiger partial charge is 0.376 e. The number of benzene rings is 2. The van der Waals surface area contributed by atoms with E-state index in [0.717, 1.165) is 38.5 Å². The highest BCUT2D eigenvalue weighted by atomic mass is 32.2. The molecule has 9 heteroatoms. The highest BCUT2D eigenvalue weighted by Crippen LogP contribution is 2.33. The average Bonchev–Trinajstić information content (AvgIpc) is 3.41. The maximum Gasteiger partial charge on any atom is 0.260 e. The number of ether oxygens (including phenoxy) is 1. The van der Waals surface area contributed by atoms with Crippen molar-refractivity contribution in [1.82, 2.24) is 9.29 Å². The van der Waals surface area contributed by atoms with Crippen molar-refractivity contribution in [2.24, 2.45) is 0 Å². The first-order chi connectivity index (χ1) is 15.2. The number of rotatable bonds is 6. The molecule has 1 aliphatic rings. The van der Waals surface area contributed by atoms with Crippen molar-refractivity contribution in [3.8, 4) is 0 Å². The Morgan fingerprint density at radius 2 is 1.91 bits per heavy atom. The van der Waals surface area contributed by atoms with Crippen molar-refractivity contribution < 1.29 is 17.9 Å². The summed E-state index contributed by atoms with van der Waals surface area (Å²) >= 11 is 1.49. The van der Waals surface area contributed by atoms with Crippen LogP contribution in [-0.2, 0) is 14.8 Å². The van der Waals surface area contributed by atoms with Crippen LogP contribution in [0.3, 0.4) is 0 Å². The summed E-state index contributed by atoms with van der Waals surface area (Å²) in [4.78, 5) is 20.1. The SMILES string of the molecule is Cc1cc(C)c2nc(N(CC3CCCO3)C(=O)c3ccc(S(=O)(=O)N(C)C)cc3)sc2c1. The molecule has 1 saturated heterocycles. The first-order valence-corrected chi connectivity index (χ1v) is 12.8. The lowest BCUT2D eigenvalue weighted by molar-refractivity contribution is 0.0917. The third-order valence-electron chi connectivity index (χ3n) is 5.58. The van der Waals surface area contributed by atoms with Crippen LogP contribution < -0.4 is 4.90 Å². The van der Waals surface area contributed by atoms with E-state index in [-0.39, 0.29) is 16.9 Å². The maximum atomic E-state index is 13.5. The van der Waals surface area contributed by atoms with Gasteiger partial charge in [-0.25, -0.2) is 17.7 Å². The smallest absolute Gasteiger partial charge is 0.260 e. The summed E-state index contributed by atoms with van der Waals surface area (Å²) in [6.07, 6.45) is 1.83. The van der Waals surface area contributed by atoms with Gasteiger partial charge in [-0.1, -0.05) is 17.4 Å². The summed E-state index contributed by atoms with van der Waals surface area (Å²) in [5.41, 5.74) is 3.53. The number of thiazole rings is 1. The van der Waals surface area contributed by atoms with Gasteiger partial charge in [-0.3, -0.25) is 9.69 Å². The molecule has 1 amide bonds.